The third-order valence-corrected chi connectivity index (χ3v) is 5.25. The fourth-order valence-corrected chi connectivity index (χ4v) is 3.74. The van der Waals surface area contributed by atoms with Crippen LogP contribution in [0.3, 0.4) is 0 Å². The van der Waals surface area contributed by atoms with E-state index in [0.29, 0.717) is 12.8 Å². The molecule has 0 radical (unpaired) electrons. The van der Waals surface area contributed by atoms with E-state index in [1.807, 2.05) is 0 Å². The molecule has 2 N–H and O–H groups in total. The Morgan fingerprint density at radius 1 is 1.29 bits per heavy atom. The first-order chi connectivity index (χ1) is 11.4. The molecule has 3 fully saturated rings. The van der Waals surface area contributed by atoms with Crippen molar-refractivity contribution in [2.45, 2.75) is 69.5 Å². The highest BCUT2D eigenvalue weighted by Gasteiger charge is 2.52. The molecule has 0 aromatic carbocycles. The number of nitrogens with one attached hydrogen (secondary N) is 1. The summed E-state index contributed by atoms with van der Waals surface area (Å²) in [5.41, 5.74) is -0.863. The van der Waals surface area contributed by atoms with E-state index in [4.69, 9.17) is 0 Å². The van der Waals surface area contributed by atoms with Gasteiger partial charge in [-0.05, 0) is 32.6 Å². The van der Waals surface area contributed by atoms with Crippen LogP contribution in [0.25, 0.3) is 0 Å². The lowest BCUT2D eigenvalue weighted by Crippen LogP contribution is -2.51. The van der Waals surface area contributed by atoms with Gasteiger partial charge in [-0.1, -0.05) is 19.3 Å². The number of imide groups is 1. The quantitative estimate of drug-likeness (QED) is 0.718. The molecular weight excluding hydrogens is 314 g/mol. The molecule has 0 aromatic heterocycles. The van der Waals surface area contributed by atoms with Crippen molar-refractivity contribution in [3.63, 3.8) is 0 Å². The lowest BCUT2D eigenvalue weighted by Gasteiger charge is -2.31. The van der Waals surface area contributed by atoms with Gasteiger partial charge in [-0.3, -0.25) is 14.5 Å². The molecule has 1 spiro atoms. The number of amides is 4. The second-order valence-electron chi connectivity index (χ2n) is 7.01. The Kier molecular flexibility index (Phi) is 4.23. The van der Waals surface area contributed by atoms with Crippen LogP contribution in [-0.2, 0) is 14.4 Å². The highest BCUT2D eigenvalue weighted by Crippen LogP contribution is 2.34. The van der Waals surface area contributed by atoms with E-state index < -0.39 is 29.5 Å². The van der Waals surface area contributed by atoms with Crippen LogP contribution in [0, 0.1) is 0 Å². The maximum atomic E-state index is 12.7. The van der Waals surface area contributed by atoms with Gasteiger partial charge in [0.25, 0.3) is 5.91 Å². The van der Waals surface area contributed by atoms with Gasteiger partial charge in [0.1, 0.15) is 18.1 Å². The Hall–Kier alpha value is -2.12. The van der Waals surface area contributed by atoms with Crippen LogP contribution in [0.15, 0.2) is 0 Å². The minimum Gasteiger partial charge on any atom is -0.480 e. The van der Waals surface area contributed by atoms with E-state index in [1.54, 1.807) is 0 Å². The fraction of sp³-hybridized carbons (Fsp3) is 0.750. The summed E-state index contributed by atoms with van der Waals surface area (Å²) in [6.45, 7) is 1.06. The molecule has 0 aromatic rings. The number of rotatable bonds is 5. The number of hydrogen-bond donors (Lipinski definition) is 2. The highest BCUT2D eigenvalue weighted by atomic mass is 16.4. The van der Waals surface area contributed by atoms with Crippen molar-refractivity contribution in [3.8, 4) is 0 Å². The van der Waals surface area contributed by atoms with Crippen LogP contribution in [0.1, 0.15) is 51.9 Å². The molecule has 8 heteroatoms. The molecule has 3 rings (SSSR count). The second kappa shape index (κ2) is 6.07. The number of nitrogens with zero attached hydrogens (tertiary/aromatic N) is 2. The van der Waals surface area contributed by atoms with Crippen LogP contribution in [-0.4, -0.2) is 62.9 Å². The molecule has 1 unspecified atom stereocenters. The van der Waals surface area contributed by atoms with Gasteiger partial charge in [-0.25, -0.2) is 9.59 Å². The monoisotopic (exact) mass is 337 g/mol. The Morgan fingerprint density at radius 2 is 1.92 bits per heavy atom. The van der Waals surface area contributed by atoms with Gasteiger partial charge in [0, 0.05) is 6.04 Å². The molecule has 2 saturated carbocycles. The molecule has 3 aliphatic rings. The minimum atomic E-state index is -1.09. The lowest BCUT2D eigenvalue weighted by molar-refractivity contribution is -0.151. The van der Waals surface area contributed by atoms with E-state index >= 15 is 0 Å². The summed E-state index contributed by atoms with van der Waals surface area (Å²) in [5, 5.41) is 11.9. The van der Waals surface area contributed by atoms with Crippen molar-refractivity contribution in [1.82, 2.24) is 15.1 Å². The van der Waals surface area contributed by atoms with Gasteiger partial charge in [0.15, 0.2) is 0 Å². The van der Waals surface area contributed by atoms with Gasteiger partial charge in [0.2, 0.25) is 5.91 Å². The van der Waals surface area contributed by atoms with E-state index in [1.165, 1.54) is 11.8 Å². The molecule has 132 valence electrons. The summed E-state index contributed by atoms with van der Waals surface area (Å²) in [7, 11) is 0. The van der Waals surface area contributed by atoms with Gasteiger partial charge in [-0.15, -0.1) is 0 Å². The lowest BCUT2D eigenvalue weighted by atomic mass is 9.82. The topological polar surface area (TPSA) is 107 Å². The Labute approximate surface area is 140 Å². The van der Waals surface area contributed by atoms with Gasteiger partial charge >= 0.3 is 12.0 Å². The summed E-state index contributed by atoms with van der Waals surface area (Å²) in [5.74, 6) is -1.92. The van der Waals surface area contributed by atoms with Crippen molar-refractivity contribution < 1.29 is 24.3 Å². The molecule has 1 atom stereocenters. The first-order valence-electron chi connectivity index (χ1n) is 8.54. The maximum Gasteiger partial charge on any atom is 0.326 e. The van der Waals surface area contributed by atoms with Gasteiger partial charge in [-0.2, -0.15) is 0 Å². The van der Waals surface area contributed by atoms with Gasteiger partial charge < -0.3 is 15.3 Å². The van der Waals surface area contributed by atoms with Gasteiger partial charge in [0.05, 0.1) is 0 Å². The number of carbonyl (C=O) groups is 4. The largest absolute Gasteiger partial charge is 0.480 e. The van der Waals surface area contributed by atoms with E-state index in [-0.39, 0.29) is 18.5 Å². The molecule has 1 saturated heterocycles. The number of aliphatic carboxylic acids is 1. The minimum absolute atomic E-state index is 0.104. The number of carboxylic acids is 1. The number of hydrogen-bond acceptors (Lipinski definition) is 4. The predicted molar refractivity (Wildman–Crippen MR) is 83.0 cm³/mol. The zero-order valence-electron chi connectivity index (χ0n) is 13.8. The number of urea groups is 1. The standard InChI is InChI=1S/C16H23N3O5/c1-10(13(21)22)19(11-5-6-11)12(20)9-18-14(23)16(17-15(18)24)7-3-2-4-8-16/h10-11H,2-9H2,1H3,(H,17,24)(H,21,22). The normalized spacial score (nSPS) is 24.0. The van der Waals surface area contributed by atoms with Crippen molar-refractivity contribution in [3.05, 3.63) is 0 Å². The summed E-state index contributed by atoms with van der Waals surface area (Å²) >= 11 is 0. The molecule has 1 heterocycles. The fourth-order valence-electron chi connectivity index (χ4n) is 3.74. The van der Waals surface area contributed by atoms with Crippen molar-refractivity contribution in [2.75, 3.05) is 6.54 Å². The van der Waals surface area contributed by atoms with Crippen molar-refractivity contribution in [2.24, 2.45) is 0 Å². The Morgan fingerprint density at radius 3 is 2.46 bits per heavy atom. The number of carboxylic acid groups (broad SMARTS) is 1. The first kappa shape index (κ1) is 16.7. The van der Waals surface area contributed by atoms with Crippen LogP contribution in [0.4, 0.5) is 4.79 Å². The number of carbonyl (C=O) groups excluding carboxylic acids is 3. The maximum absolute atomic E-state index is 12.7. The van der Waals surface area contributed by atoms with Crippen LogP contribution in [0.2, 0.25) is 0 Å². The van der Waals surface area contributed by atoms with Crippen LogP contribution >= 0.6 is 0 Å². The molecular formula is C16H23N3O5. The summed E-state index contributed by atoms with van der Waals surface area (Å²) in [6.07, 6.45) is 5.49. The molecule has 1 aliphatic heterocycles. The van der Waals surface area contributed by atoms with E-state index in [0.717, 1.165) is 37.0 Å². The average Bonchev–Trinajstić information content (AvgIpc) is 3.34. The predicted octanol–water partition coefficient (Wildman–Crippen LogP) is 0.705. The zero-order valence-corrected chi connectivity index (χ0v) is 13.8. The van der Waals surface area contributed by atoms with Crippen molar-refractivity contribution in [1.29, 1.82) is 0 Å². The third kappa shape index (κ3) is 2.85. The third-order valence-electron chi connectivity index (χ3n) is 5.25. The van der Waals surface area contributed by atoms with Crippen molar-refractivity contribution >= 4 is 23.8 Å². The Balaban J connectivity index is 1.72. The summed E-state index contributed by atoms with van der Waals surface area (Å²) in [4.78, 5) is 51.0. The Bertz CT molecular complexity index is 580. The van der Waals surface area contributed by atoms with E-state index in [9.17, 15) is 24.3 Å². The SMILES string of the molecule is CC(C(=O)O)N(C(=O)CN1C(=O)NC2(CCCCC2)C1=O)C1CC1. The van der Waals surface area contributed by atoms with Crippen LogP contribution in [0.5, 0.6) is 0 Å². The second-order valence-corrected chi connectivity index (χ2v) is 7.01. The molecule has 0 bridgehead atoms. The molecule has 4 amide bonds. The van der Waals surface area contributed by atoms with E-state index in [2.05, 4.69) is 5.32 Å². The highest BCUT2D eigenvalue weighted by molar-refractivity contribution is 6.09. The van der Waals surface area contributed by atoms with Crippen LogP contribution < -0.4 is 5.32 Å². The smallest absolute Gasteiger partial charge is 0.326 e. The molecule has 2 aliphatic carbocycles. The zero-order chi connectivity index (χ0) is 17.5. The summed E-state index contributed by atoms with van der Waals surface area (Å²) in [6, 6.07) is -1.61. The molecule has 24 heavy (non-hydrogen) atoms. The summed E-state index contributed by atoms with van der Waals surface area (Å²) < 4.78 is 0. The molecule has 8 nitrogen and oxygen atoms in total. The average molecular weight is 337 g/mol. The first-order valence-corrected chi connectivity index (χ1v) is 8.54.